The molecule has 0 aromatic heterocycles. The first-order valence-electron chi connectivity index (χ1n) is 7.28. The average Bonchev–Trinajstić information content (AvgIpc) is 2.43. The molecule has 2 aliphatic rings. The predicted molar refractivity (Wildman–Crippen MR) is 78.1 cm³/mol. The van der Waals surface area contributed by atoms with Crippen molar-refractivity contribution in [1.82, 2.24) is 10.2 Å². The van der Waals surface area contributed by atoms with Gasteiger partial charge in [0, 0.05) is 11.3 Å². The van der Waals surface area contributed by atoms with Crippen LogP contribution in [0.1, 0.15) is 45.4 Å². The Balaban J connectivity index is 2.04. The summed E-state index contributed by atoms with van der Waals surface area (Å²) >= 11 is 1.89. The topological polar surface area (TPSA) is 49.4 Å². The summed E-state index contributed by atoms with van der Waals surface area (Å²) in [5.41, 5.74) is 0. The van der Waals surface area contributed by atoms with Crippen molar-refractivity contribution in [2.75, 3.05) is 12.8 Å². The van der Waals surface area contributed by atoms with E-state index in [-0.39, 0.29) is 30.4 Å². The fourth-order valence-electron chi connectivity index (χ4n) is 3.15. The Morgan fingerprint density at radius 3 is 2.84 bits per heavy atom. The van der Waals surface area contributed by atoms with Crippen molar-refractivity contribution in [3.05, 3.63) is 0 Å². The SMILES string of the molecule is CCCC1NC(=O)CN(C2CCCC(SC)C2)C1=O. The Morgan fingerprint density at radius 2 is 2.16 bits per heavy atom. The first-order chi connectivity index (χ1) is 9.15. The summed E-state index contributed by atoms with van der Waals surface area (Å²) in [6, 6.07) is -0.0231. The molecule has 108 valence electrons. The molecule has 1 aliphatic carbocycles. The van der Waals surface area contributed by atoms with Gasteiger partial charge in [-0.05, 0) is 31.9 Å². The molecule has 0 radical (unpaired) electrons. The van der Waals surface area contributed by atoms with E-state index in [2.05, 4.69) is 11.6 Å². The number of hydrogen-bond donors (Lipinski definition) is 1. The molecule has 1 saturated carbocycles. The minimum absolute atomic E-state index is 0.00400. The van der Waals surface area contributed by atoms with Crippen LogP contribution in [0.3, 0.4) is 0 Å². The van der Waals surface area contributed by atoms with Crippen LogP contribution in [0.4, 0.5) is 0 Å². The number of carbonyl (C=O) groups is 2. The van der Waals surface area contributed by atoms with E-state index in [0.29, 0.717) is 5.25 Å². The lowest BCUT2D eigenvalue weighted by Crippen LogP contribution is -2.61. The van der Waals surface area contributed by atoms with Gasteiger partial charge in [0.25, 0.3) is 0 Å². The van der Waals surface area contributed by atoms with E-state index in [0.717, 1.165) is 25.7 Å². The quantitative estimate of drug-likeness (QED) is 0.856. The number of nitrogens with zero attached hydrogens (tertiary/aromatic N) is 1. The molecule has 3 atom stereocenters. The molecule has 1 N–H and O–H groups in total. The summed E-state index contributed by atoms with van der Waals surface area (Å²) in [6.07, 6.45) is 8.30. The second kappa shape index (κ2) is 6.64. The molecular weight excluding hydrogens is 260 g/mol. The summed E-state index contributed by atoms with van der Waals surface area (Å²) in [5, 5.41) is 3.47. The Labute approximate surface area is 119 Å². The highest BCUT2D eigenvalue weighted by Gasteiger charge is 2.37. The van der Waals surface area contributed by atoms with E-state index >= 15 is 0 Å². The van der Waals surface area contributed by atoms with Gasteiger partial charge in [0.1, 0.15) is 6.04 Å². The average molecular weight is 284 g/mol. The largest absolute Gasteiger partial charge is 0.343 e. The maximum Gasteiger partial charge on any atom is 0.245 e. The molecule has 0 aromatic rings. The number of piperazine rings is 1. The molecule has 0 bridgehead atoms. The Morgan fingerprint density at radius 1 is 1.37 bits per heavy atom. The van der Waals surface area contributed by atoms with Crippen molar-refractivity contribution >= 4 is 23.6 Å². The van der Waals surface area contributed by atoms with E-state index in [1.807, 2.05) is 23.6 Å². The lowest BCUT2D eigenvalue weighted by Gasteiger charge is -2.41. The van der Waals surface area contributed by atoms with Crippen LogP contribution in [0, 0.1) is 0 Å². The number of hydrogen-bond acceptors (Lipinski definition) is 3. The zero-order valence-electron chi connectivity index (χ0n) is 11.9. The molecule has 2 rings (SSSR count). The fourth-order valence-corrected chi connectivity index (χ4v) is 3.96. The van der Waals surface area contributed by atoms with Crippen molar-refractivity contribution in [3.63, 3.8) is 0 Å². The third-order valence-electron chi connectivity index (χ3n) is 4.18. The summed E-state index contributed by atoms with van der Waals surface area (Å²) < 4.78 is 0. The van der Waals surface area contributed by atoms with Crippen LogP contribution in [-0.4, -0.2) is 46.8 Å². The van der Waals surface area contributed by atoms with Crippen molar-refractivity contribution in [2.45, 2.75) is 62.8 Å². The molecule has 4 nitrogen and oxygen atoms in total. The van der Waals surface area contributed by atoms with Crippen LogP contribution in [0.25, 0.3) is 0 Å². The van der Waals surface area contributed by atoms with Gasteiger partial charge in [-0.3, -0.25) is 9.59 Å². The van der Waals surface area contributed by atoms with Crippen LogP contribution in [0.5, 0.6) is 0 Å². The van der Waals surface area contributed by atoms with Crippen molar-refractivity contribution in [1.29, 1.82) is 0 Å². The Kier molecular flexibility index (Phi) is 5.13. The number of carbonyl (C=O) groups excluding carboxylic acids is 2. The van der Waals surface area contributed by atoms with Gasteiger partial charge >= 0.3 is 0 Å². The molecule has 3 unspecified atom stereocenters. The van der Waals surface area contributed by atoms with Gasteiger partial charge in [-0.15, -0.1) is 0 Å². The van der Waals surface area contributed by atoms with Gasteiger partial charge in [0.15, 0.2) is 0 Å². The van der Waals surface area contributed by atoms with Crippen molar-refractivity contribution < 1.29 is 9.59 Å². The van der Waals surface area contributed by atoms with Crippen LogP contribution in [0.2, 0.25) is 0 Å². The third-order valence-corrected chi connectivity index (χ3v) is 5.28. The van der Waals surface area contributed by atoms with Crippen LogP contribution in [0.15, 0.2) is 0 Å². The Bertz CT molecular complexity index is 348. The molecule has 0 aromatic carbocycles. The monoisotopic (exact) mass is 284 g/mol. The Hall–Kier alpha value is -0.710. The molecular formula is C14H24N2O2S. The normalized spacial score (nSPS) is 32.3. The molecule has 1 aliphatic heterocycles. The smallest absolute Gasteiger partial charge is 0.245 e. The number of nitrogens with one attached hydrogen (secondary N) is 1. The van der Waals surface area contributed by atoms with Gasteiger partial charge in [-0.25, -0.2) is 0 Å². The van der Waals surface area contributed by atoms with Gasteiger partial charge in [0.05, 0.1) is 6.54 Å². The van der Waals surface area contributed by atoms with E-state index in [9.17, 15) is 9.59 Å². The van der Waals surface area contributed by atoms with E-state index in [1.165, 1.54) is 12.8 Å². The molecule has 2 amide bonds. The predicted octanol–water partition coefficient (Wildman–Crippen LogP) is 1.79. The third kappa shape index (κ3) is 3.44. The van der Waals surface area contributed by atoms with Gasteiger partial charge in [-0.2, -0.15) is 11.8 Å². The van der Waals surface area contributed by atoms with E-state index in [1.54, 1.807) is 0 Å². The number of rotatable bonds is 4. The molecule has 1 saturated heterocycles. The van der Waals surface area contributed by atoms with Gasteiger partial charge in [0.2, 0.25) is 11.8 Å². The van der Waals surface area contributed by atoms with E-state index in [4.69, 9.17) is 0 Å². The molecule has 1 heterocycles. The molecule has 5 heteroatoms. The highest BCUT2D eigenvalue weighted by molar-refractivity contribution is 7.99. The van der Waals surface area contributed by atoms with Crippen LogP contribution in [-0.2, 0) is 9.59 Å². The first kappa shape index (κ1) is 14.7. The van der Waals surface area contributed by atoms with Gasteiger partial charge in [-0.1, -0.05) is 19.8 Å². The van der Waals surface area contributed by atoms with Gasteiger partial charge < -0.3 is 10.2 Å². The zero-order valence-corrected chi connectivity index (χ0v) is 12.7. The van der Waals surface area contributed by atoms with Crippen LogP contribution >= 0.6 is 11.8 Å². The first-order valence-corrected chi connectivity index (χ1v) is 8.57. The maximum absolute atomic E-state index is 12.5. The van der Waals surface area contributed by atoms with Crippen molar-refractivity contribution in [2.24, 2.45) is 0 Å². The van der Waals surface area contributed by atoms with Crippen LogP contribution < -0.4 is 5.32 Å². The highest BCUT2D eigenvalue weighted by atomic mass is 32.2. The molecule has 2 fully saturated rings. The lowest BCUT2D eigenvalue weighted by atomic mass is 9.92. The standard InChI is InChI=1S/C14H24N2O2S/c1-3-5-12-14(18)16(9-13(17)15-12)10-6-4-7-11(8-10)19-2/h10-12H,3-9H2,1-2H3,(H,15,17). The second-order valence-electron chi connectivity index (χ2n) is 5.55. The summed E-state index contributed by atoms with van der Waals surface area (Å²) in [5.74, 6) is 0.137. The molecule has 19 heavy (non-hydrogen) atoms. The second-order valence-corrected chi connectivity index (χ2v) is 6.69. The molecule has 0 spiro atoms. The van der Waals surface area contributed by atoms with Crippen molar-refractivity contribution in [3.8, 4) is 0 Å². The summed E-state index contributed by atoms with van der Waals surface area (Å²) in [7, 11) is 0. The minimum atomic E-state index is -0.291. The minimum Gasteiger partial charge on any atom is -0.343 e. The summed E-state index contributed by atoms with van der Waals surface area (Å²) in [6.45, 7) is 2.30. The maximum atomic E-state index is 12.5. The zero-order chi connectivity index (χ0) is 13.8. The summed E-state index contributed by atoms with van der Waals surface area (Å²) in [4.78, 5) is 26.1. The lowest BCUT2D eigenvalue weighted by molar-refractivity contribution is -0.147. The fraction of sp³-hybridized carbons (Fsp3) is 0.857. The van der Waals surface area contributed by atoms with E-state index < -0.39 is 0 Å². The highest BCUT2D eigenvalue weighted by Crippen LogP contribution is 2.30. The number of amides is 2. The number of thioether (sulfide) groups is 1.